The van der Waals surface area contributed by atoms with E-state index in [1.54, 1.807) is 11.3 Å². The first kappa shape index (κ1) is 15.6. The van der Waals surface area contributed by atoms with Gasteiger partial charge in [0, 0.05) is 10.9 Å². The first-order valence-electron chi connectivity index (χ1n) is 7.21. The van der Waals surface area contributed by atoms with E-state index in [1.165, 1.54) is 16.0 Å². The Balaban J connectivity index is 2.05. The molecule has 0 aliphatic rings. The number of benzene rings is 1. The van der Waals surface area contributed by atoms with Crippen LogP contribution in [0.1, 0.15) is 29.3 Å². The molecule has 1 nitrogen and oxygen atoms in total. The number of hydrogen-bond acceptors (Lipinski definition) is 2. The molecule has 0 amide bonds. The van der Waals surface area contributed by atoms with Crippen molar-refractivity contribution in [2.24, 2.45) is 0 Å². The van der Waals surface area contributed by atoms with E-state index in [1.807, 2.05) is 6.07 Å². The highest BCUT2D eigenvalue weighted by Gasteiger charge is 2.12. The van der Waals surface area contributed by atoms with E-state index in [-0.39, 0.29) is 0 Å². The maximum atomic E-state index is 6.03. The Bertz CT molecular complexity index is 535. The standard InChI is InChI=1S/C17H22ClNS/c1-3-10-19-15(12-16-8-9-17(18)20-16)11-14-7-5-4-6-13(14)2/h4-9,15,19H,3,10-12H2,1-2H3. The van der Waals surface area contributed by atoms with Gasteiger partial charge in [-0.2, -0.15) is 0 Å². The largest absolute Gasteiger partial charge is 0.313 e. The first-order valence-corrected chi connectivity index (χ1v) is 8.40. The van der Waals surface area contributed by atoms with E-state index in [0.29, 0.717) is 6.04 Å². The normalized spacial score (nSPS) is 12.6. The lowest BCUT2D eigenvalue weighted by Gasteiger charge is -2.19. The molecule has 0 radical (unpaired) electrons. The minimum absolute atomic E-state index is 0.478. The second kappa shape index (κ2) is 7.82. The number of hydrogen-bond donors (Lipinski definition) is 1. The summed E-state index contributed by atoms with van der Waals surface area (Å²) in [5.74, 6) is 0. The van der Waals surface area contributed by atoms with Crippen molar-refractivity contribution in [3.8, 4) is 0 Å². The Hall–Kier alpha value is -0.830. The van der Waals surface area contributed by atoms with Crippen molar-refractivity contribution in [3.05, 3.63) is 56.7 Å². The van der Waals surface area contributed by atoms with Crippen LogP contribution in [-0.4, -0.2) is 12.6 Å². The van der Waals surface area contributed by atoms with Crippen LogP contribution in [0.25, 0.3) is 0 Å². The van der Waals surface area contributed by atoms with Crippen LogP contribution in [0.15, 0.2) is 36.4 Å². The van der Waals surface area contributed by atoms with Gasteiger partial charge in [-0.05, 0) is 56.0 Å². The number of halogens is 1. The van der Waals surface area contributed by atoms with Crippen LogP contribution in [0.4, 0.5) is 0 Å². The van der Waals surface area contributed by atoms with Crippen molar-refractivity contribution < 1.29 is 0 Å². The van der Waals surface area contributed by atoms with Crippen LogP contribution >= 0.6 is 22.9 Å². The summed E-state index contributed by atoms with van der Waals surface area (Å²) in [4.78, 5) is 1.36. The van der Waals surface area contributed by atoms with Crippen molar-refractivity contribution >= 4 is 22.9 Å². The maximum absolute atomic E-state index is 6.03. The summed E-state index contributed by atoms with van der Waals surface area (Å²) >= 11 is 7.72. The van der Waals surface area contributed by atoms with Crippen molar-refractivity contribution in [2.45, 2.75) is 39.2 Å². The van der Waals surface area contributed by atoms with Crippen LogP contribution in [0, 0.1) is 6.92 Å². The fourth-order valence-corrected chi connectivity index (χ4v) is 3.54. The minimum Gasteiger partial charge on any atom is -0.313 e. The first-order chi connectivity index (χ1) is 9.69. The fraction of sp³-hybridized carbons (Fsp3) is 0.412. The molecule has 0 fully saturated rings. The van der Waals surface area contributed by atoms with Gasteiger partial charge in [0.2, 0.25) is 0 Å². The average Bonchev–Trinajstić information content (AvgIpc) is 2.84. The van der Waals surface area contributed by atoms with Crippen LogP contribution in [-0.2, 0) is 12.8 Å². The Morgan fingerprint density at radius 1 is 1.15 bits per heavy atom. The maximum Gasteiger partial charge on any atom is 0.0931 e. The van der Waals surface area contributed by atoms with Gasteiger partial charge in [0.05, 0.1) is 4.34 Å². The highest BCUT2D eigenvalue weighted by molar-refractivity contribution is 7.16. The van der Waals surface area contributed by atoms with Gasteiger partial charge >= 0.3 is 0 Å². The molecule has 2 aromatic rings. The lowest BCUT2D eigenvalue weighted by molar-refractivity contribution is 0.506. The Kier molecular flexibility index (Phi) is 6.08. The van der Waals surface area contributed by atoms with Gasteiger partial charge in [-0.3, -0.25) is 0 Å². The van der Waals surface area contributed by atoms with Crippen molar-refractivity contribution in [1.29, 1.82) is 0 Å². The zero-order valence-electron chi connectivity index (χ0n) is 12.2. The Morgan fingerprint density at radius 3 is 2.60 bits per heavy atom. The van der Waals surface area contributed by atoms with Crippen LogP contribution in [0.5, 0.6) is 0 Å². The number of nitrogens with one attached hydrogen (secondary N) is 1. The molecule has 0 aliphatic heterocycles. The molecular weight excluding hydrogens is 286 g/mol. The SMILES string of the molecule is CCCNC(Cc1ccc(Cl)s1)Cc1ccccc1C. The molecule has 1 aromatic carbocycles. The van der Waals surface area contributed by atoms with Crippen LogP contribution in [0.2, 0.25) is 4.34 Å². The van der Waals surface area contributed by atoms with Crippen LogP contribution < -0.4 is 5.32 Å². The third-order valence-electron chi connectivity index (χ3n) is 3.49. The van der Waals surface area contributed by atoms with Gasteiger partial charge in [0.25, 0.3) is 0 Å². The molecule has 0 aliphatic carbocycles. The lowest BCUT2D eigenvalue weighted by Crippen LogP contribution is -2.33. The molecule has 1 N–H and O–H groups in total. The molecule has 1 atom stereocenters. The second-order valence-electron chi connectivity index (χ2n) is 5.19. The summed E-state index contributed by atoms with van der Waals surface area (Å²) in [6.07, 6.45) is 3.28. The molecule has 1 heterocycles. The van der Waals surface area contributed by atoms with Gasteiger partial charge in [-0.25, -0.2) is 0 Å². The summed E-state index contributed by atoms with van der Waals surface area (Å²) in [5.41, 5.74) is 2.81. The molecule has 3 heteroatoms. The smallest absolute Gasteiger partial charge is 0.0931 e. The van der Waals surface area contributed by atoms with Gasteiger partial charge in [0.1, 0.15) is 0 Å². The highest BCUT2D eigenvalue weighted by Crippen LogP contribution is 2.23. The van der Waals surface area contributed by atoms with E-state index in [4.69, 9.17) is 11.6 Å². The lowest BCUT2D eigenvalue weighted by atomic mass is 9.98. The molecule has 0 saturated heterocycles. The van der Waals surface area contributed by atoms with Gasteiger partial charge in [-0.15, -0.1) is 11.3 Å². The van der Waals surface area contributed by atoms with Crippen molar-refractivity contribution in [1.82, 2.24) is 5.32 Å². The predicted molar refractivity (Wildman–Crippen MR) is 90.0 cm³/mol. The monoisotopic (exact) mass is 307 g/mol. The zero-order valence-corrected chi connectivity index (χ0v) is 13.7. The number of thiophene rings is 1. The van der Waals surface area contributed by atoms with E-state index in [0.717, 1.165) is 30.1 Å². The molecule has 108 valence electrons. The highest BCUT2D eigenvalue weighted by atomic mass is 35.5. The summed E-state index contributed by atoms with van der Waals surface area (Å²) in [6, 6.07) is 13.3. The Labute approximate surface area is 131 Å². The van der Waals surface area contributed by atoms with E-state index in [2.05, 4.69) is 49.5 Å². The molecule has 1 aromatic heterocycles. The molecule has 20 heavy (non-hydrogen) atoms. The summed E-state index contributed by atoms with van der Waals surface area (Å²) < 4.78 is 0.880. The topological polar surface area (TPSA) is 12.0 Å². The van der Waals surface area contributed by atoms with E-state index in [9.17, 15) is 0 Å². The quantitative estimate of drug-likeness (QED) is 0.770. The van der Waals surface area contributed by atoms with Crippen molar-refractivity contribution in [2.75, 3.05) is 6.54 Å². The van der Waals surface area contributed by atoms with Gasteiger partial charge in [-0.1, -0.05) is 42.8 Å². The molecule has 2 rings (SSSR count). The van der Waals surface area contributed by atoms with E-state index >= 15 is 0 Å². The third-order valence-corrected chi connectivity index (χ3v) is 4.74. The fourth-order valence-electron chi connectivity index (χ4n) is 2.37. The van der Waals surface area contributed by atoms with Crippen molar-refractivity contribution in [3.63, 3.8) is 0 Å². The molecule has 0 spiro atoms. The van der Waals surface area contributed by atoms with Gasteiger partial charge in [0.15, 0.2) is 0 Å². The number of aryl methyl sites for hydroxylation is 1. The summed E-state index contributed by atoms with van der Waals surface area (Å²) in [7, 11) is 0. The molecule has 0 saturated carbocycles. The minimum atomic E-state index is 0.478. The molecular formula is C17H22ClNS. The van der Waals surface area contributed by atoms with E-state index < -0.39 is 0 Å². The number of rotatable bonds is 7. The molecule has 1 unspecified atom stereocenters. The third kappa shape index (κ3) is 4.62. The Morgan fingerprint density at radius 2 is 1.95 bits per heavy atom. The average molecular weight is 308 g/mol. The predicted octanol–water partition coefficient (Wildman–Crippen LogP) is 4.86. The van der Waals surface area contributed by atoms with Gasteiger partial charge < -0.3 is 5.32 Å². The zero-order chi connectivity index (χ0) is 14.4. The second-order valence-corrected chi connectivity index (χ2v) is 6.99. The summed E-state index contributed by atoms with van der Waals surface area (Å²) in [6.45, 7) is 5.46. The molecule has 0 bridgehead atoms. The summed E-state index contributed by atoms with van der Waals surface area (Å²) in [5, 5.41) is 3.67. The van der Waals surface area contributed by atoms with Crippen LogP contribution in [0.3, 0.4) is 0 Å².